The van der Waals surface area contributed by atoms with Crippen molar-refractivity contribution in [1.29, 1.82) is 0 Å². The highest BCUT2D eigenvalue weighted by molar-refractivity contribution is 5.96. The normalized spacial score (nSPS) is 17.9. The van der Waals surface area contributed by atoms with Gasteiger partial charge in [0.2, 0.25) is 5.91 Å². The van der Waals surface area contributed by atoms with E-state index in [1.807, 2.05) is 30.3 Å². The zero-order chi connectivity index (χ0) is 25.0. The summed E-state index contributed by atoms with van der Waals surface area (Å²) in [6, 6.07) is 11.4. The van der Waals surface area contributed by atoms with Crippen LogP contribution in [0.4, 0.5) is 23.2 Å². The Morgan fingerprint density at radius 3 is 2.23 bits per heavy atom. The zero-order valence-corrected chi connectivity index (χ0v) is 19.1. The topological polar surface area (TPSA) is 53.1 Å². The number of hydrogen-bond donors (Lipinski definition) is 0. The summed E-state index contributed by atoms with van der Waals surface area (Å²) in [6.45, 7) is 3.42. The van der Waals surface area contributed by atoms with Gasteiger partial charge < -0.3 is 14.5 Å². The summed E-state index contributed by atoms with van der Waals surface area (Å²) in [7, 11) is 0. The van der Waals surface area contributed by atoms with E-state index in [0.717, 1.165) is 11.8 Å². The smallest absolute Gasteiger partial charge is 0.379 e. The highest BCUT2D eigenvalue weighted by Crippen LogP contribution is 2.32. The quantitative estimate of drug-likeness (QED) is 0.595. The minimum absolute atomic E-state index is 0.0345. The van der Waals surface area contributed by atoms with Crippen LogP contribution in [-0.2, 0) is 15.7 Å². The summed E-state index contributed by atoms with van der Waals surface area (Å²) in [6.07, 6.45) is -3.82. The fourth-order valence-electron chi connectivity index (χ4n) is 4.56. The van der Waals surface area contributed by atoms with Crippen molar-refractivity contribution < 1.29 is 31.9 Å². The Morgan fingerprint density at radius 1 is 0.971 bits per heavy atom. The molecule has 2 fully saturated rings. The molecule has 0 N–H and O–H groups in total. The van der Waals surface area contributed by atoms with Gasteiger partial charge in [-0.1, -0.05) is 18.2 Å². The molecule has 0 bridgehead atoms. The van der Waals surface area contributed by atoms with Crippen LogP contribution >= 0.6 is 0 Å². The van der Waals surface area contributed by atoms with Crippen LogP contribution in [-0.4, -0.2) is 73.6 Å². The van der Waals surface area contributed by atoms with Crippen LogP contribution < -0.4 is 4.90 Å². The molecule has 4 rings (SSSR count). The molecular formula is C25H27F4N3O3. The maximum Gasteiger partial charge on any atom is 0.419 e. The maximum absolute atomic E-state index is 14.0. The number of benzene rings is 2. The van der Waals surface area contributed by atoms with Gasteiger partial charge in [-0.3, -0.25) is 14.5 Å². The third kappa shape index (κ3) is 5.99. The van der Waals surface area contributed by atoms with Crippen LogP contribution in [0, 0.1) is 5.82 Å². The molecule has 188 valence electrons. The van der Waals surface area contributed by atoms with Crippen molar-refractivity contribution in [1.82, 2.24) is 9.80 Å². The number of likely N-dealkylation sites (tertiary alicyclic amines) is 1. The molecule has 2 aromatic rings. The molecule has 0 radical (unpaired) electrons. The first-order valence-corrected chi connectivity index (χ1v) is 11.6. The Hall–Kier alpha value is -2.98. The lowest BCUT2D eigenvalue weighted by atomic mass is 10.0. The number of rotatable bonds is 5. The Morgan fingerprint density at radius 2 is 1.63 bits per heavy atom. The molecule has 2 aromatic carbocycles. The summed E-state index contributed by atoms with van der Waals surface area (Å²) in [5.74, 6) is -2.03. The molecule has 0 atom stereocenters. The minimum Gasteiger partial charge on any atom is -0.379 e. The van der Waals surface area contributed by atoms with Crippen LogP contribution in [0.1, 0.15) is 28.8 Å². The number of nitrogens with zero attached hydrogens (tertiary/aromatic N) is 3. The minimum atomic E-state index is -4.82. The summed E-state index contributed by atoms with van der Waals surface area (Å²) in [5, 5.41) is 0. The van der Waals surface area contributed by atoms with Gasteiger partial charge in [0.25, 0.3) is 5.91 Å². The average Bonchev–Trinajstić information content (AvgIpc) is 2.84. The number of alkyl halides is 3. The van der Waals surface area contributed by atoms with Gasteiger partial charge in [-0.25, -0.2) is 4.39 Å². The van der Waals surface area contributed by atoms with Gasteiger partial charge in [-0.2, -0.15) is 13.2 Å². The maximum atomic E-state index is 14.0. The summed E-state index contributed by atoms with van der Waals surface area (Å²) in [5.41, 5.74) is -0.748. The number of hydrogen-bond acceptors (Lipinski definition) is 4. The van der Waals surface area contributed by atoms with Gasteiger partial charge in [0.05, 0.1) is 25.3 Å². The lowest BCUT2D eigenvalue weighted by Gasteiger charge is -2.39. The van der Waals surface area contributed by atoms with E-state index in [2.05, 4.69) is 4.90 Å². The van der Waals surface area contributed by atoms with Crippen LogP contribution in [0.15, 0.2) is 48.5 Å². The summed E-state index contributed by atoms with van der Waals surface area (Å²) in [4.78, 5) is 31.5. The molecule has 6 nitrogen and oxygen atoms in total. The van der Waals surface area contributed by atoms with Gasteiger partial charge in [0, 0.05) is 43.5 Å². The van der Waals surface area contributed by atoms with Crippen molar-refractivity contribution in [2.75, 3.05) is 50.8 Å². The second kappa shape index (κ2) is 10.7. The molecule has 0 spiro atoms. The van der Waals surface area contributed by atoms with Gasteiger partial charge in [0.1, 0.15) is 5.82 Å². The third-order valence-electron chi connectivity index (χ3n) is 6.40. The number of ether oxygens (including phenoxy) is 1. The molecule has 35 heavy (non-hydrogen) atoms. The Bertz CT molecular complexity index is 1030. The highest BCUT2D eigenvalue weighted by atomic mass is 19.4. The van der Waals surface area contributed by atoms with E-state index in [1.165, 1.54) is 4.90 Å². The first-order chi connectivity index (χ1) is 16.7. The molecule has 2 heterocycles. The molecule has 10 heteroatoms. The van der Waals surface area contributed by atoms with Gasteiger partial charge in [0.15, 0.2) is 0 Å². The molecule has 0 unspecified atom stereocenters. The number of anilines is 1. The van der Waals surface area contributed by atoms with E-state index in [1.54, 1.807) is 4.90 Å². The summed E-state index contributed by atoms with van der Waals surface area (Å²) >= 11 is 0. The Kier molecular flexibility index (Phi) is 7.71. The average molecular weight is 494 g/mol. The molecule has 2 saturated heterocycles. The van der Waals surface area contributed by atoms with Crippen molar-refractivity contribution in [2.45, 2.75) is 25.1 Å². The number of amides is 2. The molecule has 0 saturated carbocycles. The molecule has 2 aliphatic heterocycles. The fourth-order valence-corrected chi connectivity index (χ4v) is 4.56. The van der Waals surface area contributed by atoms with Gasteiger partial charge in [-0.05, 0) is 43.2 Å². The molecule has 0 aromatic heterocycles. The van der Waals surface area contributed by atoms with Crippen molar-refractivity contribution in [3.8, 4) is 0 Å². The van der Waals surface area contributed by atoms with E-state index < -0.39 is 23.5 Å². The van der Waals surface area contributed by atoms with Crippen LogP contribution in [0.2, 0.25) is 0 Å². The van der Waals surface area contributed by atoms with Gasteiger partial charge >= 0.3 is 6.18 Å². The lowest BCUT2D eigenvalue weighted by Crippen LogP contribution is -2.52. The molecule has 2 aliphatic rings. The van der Waals surface area contributed by atoms with E-state index in [0.29, 0.717) is 64.4 Å². The predicted octanol–water partition coefficient (Wildman–Crippen LogP) is 3.81. The van der Waals surface area contributed by atoms with Crippen LogP contribution in [0.5, 0.6) is 0 Å². The van der Waals surface area contributed by atoms with Crippen LogP contribution in [0.3, 0.4) is 0 Å². The van der Waals surface area contributed by atoms with Crippen molar-refractivity contribution in [2.24, 2.45) is 0 Å². The predicted molar refractivity (Wildman–Crippen MR) is 122 cm³/mol. The fraction of sp³-hybridized carbons (Fsp3) is 0.440. The second-order valence-electron chi connectivity index (χ2n) is 8.70. The standard InChI is InChI=1S/C25H27F4N3O3/c26-22-16-18(6-7-21(22)25(27,28)29)24(34)31-10-8-20(9-11-31)32(19-4-2-1-3-5-19)23(33)17-30-12-14-35-15-13-30/h1-7,16,20H,8-15,17H2. The SMILES string of the molecule is O=C(c1ccc(C(F)(F)F)c(F)c1)N1CCC(N(C(=O)CN2CCOCC2)c2ccccc2)CC1. The number of carbonyl (C=O) groups excluding carboxylic acids is 2. The Labute approximate surface area is 201 Å². The molecule has 2 amide bonds. The van der Waals surface area contributed by atoms with Crippen molar-refractivity contribution >= 4 is 17.5 Å². The number of halogens is 4. The Balaban J connectivity index is 1.44. The summed E-state index contributed by atoms with van der Waals surface area (Å²) < 4.78 is 57.8. The monoisotopic (exact) mass is 493 g/mol. The lowest BCUT2D eigenvalue weighted by molar-refractivity contribution is -0.140. The zero-order valence-electron chi connectivity index (χ0n) is 19.1. The first kappa shape index (κ1) is 25.1. The number of para-hydroxylation sites is 1. The van der Waals surface area contributed by atoms with E-state index in [9.17, 15) is 27.2 Å². The first-order valence-electron chi connectivity index (χ1n) is 11.6. The van der Waals surface area contributed by atoms with Crippen molar-refractivity contribution in [3.05, 3.63) is 65.5 Å². The largest absolute Gasteiger partial charge is 0.419 e. The highest BCUT2D eigenvalue weighted by Gasteiger charge is 2.35. The van der Waals surface area contributed by atoms with E-state index in [4.69, 9.17) is 4.74 Å². The molecule has 0 aliphatic carbocycles. The van der Waals surface area contributed by atoms with E-state index in [-0.39, 0.29) is 24.1 Å². The second-order valence-corrected chi connectivity index (χ2v) is 8.70. The number of carbonyl (C=O) groups is 2. The van der Waals surface area contributed by atoms with Gasteiger partial charge in [-0.15, -0.1) is 0 Å². The number of morpholine rings is 1. The number of piperidine rings is 1. The third-order valence-corrected chi connectivity index (χ3v) is 6.40. The van der Waals surface area contributed by atoms with Crippen molar-refractivity contribution in [3.63, 3.8) is 0 Å². The van der Waals surface area contributed by atoms with Crippen LogP contribution in [0.25, 0.3) is 0 Å². The van der Waals surface area contributed by atoms with E-state index >= 15 is 0 Å². The molecular weight excluding hydrogens is 466 g/mol.